The summed E-state index contributed by atoms with van der Waals surface area (Å²) in [6, 6.07) is 5.38. The Bertz CT molecular complexity index is 482. The minimum Gasteiger partial charge on any atom is -0.465 e. The number of benzene rings is 1. The standard InChI is InChI=1S/C14H17FN2O3/c15-12-3-1-11(2-4-12)13(18)16-9-10-5-7-17(8-6-10)14(19)20/h1-4,10H,5-9H2,(H,16,18)(H,19,20). The van der Waals surface area contributed by atoms with Crippen LogP contribution in [-0.4, -0.2) is 41.6 Å². The summed E-state index contributed by atoms with van der Waals surface area (Å²) in [5.41, 5.74) is 0.425. The molecule has 108 valence electrons. The van der Waals surface area contributed by atoms with Crippen molar-refractivity contribution in [1.29, 1.82) is 0 Å². The number of rotatable bonds is 3. The number of hydrogen-bond donors (Lipinski definition) is 2. The van der Waals surface area contributed by atoms with Crippen LogP contribution in [0.3, 0.4) is 0 Å². The van der Waals surface area contributed by atoms with Crippen LogP contribution in [0.25, 0.3) is 0 Å². The molecule has 1 aliphatic heterocycles. The average molecular weight is 280 g/mol. The Morgan fingerprint density at radius 2 is 1.85 bits per heavy atom. The Morgan fingerprint density at radius 3 is 2.40 bits per heavy atom. The highest BCUT2D eigenvalue weighted by molar-refractivity contribution is 5.94. The Labute approximate surface area is 116 Å². The lowest BCUT2D eigenvalue weighted by Gasteiger charge is -2.29. The zero-order valence-electron chi connectivity index (χ0n) is 11.0. The molecular weight excluding hydrogens is 263 g/mol. The van der Waals surface area contributed by atoms with Crippen LogP contribution in [0.2, 0.25) is 0 Å². The Morgan fingerprint density at radius 1 is 1.25 bits per heavy atom. The summed E-state index contributed by atoms with van der Waals surface area (Å²) in [7, 11) is 0. The molecule has 0 aromatic heterocycles. The van der Waals surface area contributed by atoms with E-state index in [9.17, 15) is 14.0 Å². The van der Waals surface area contributed by atoms with Crippen molar-refractivity contribution < 1.29 is 19.1 Å². The lowest BCUT2D eigenvalue weighted by Crippen LogP contribution is -2.40. The maximum Gasteiger partial charge on any atom is 0.407 e. The molecule has 2 N–H and O–H groups in total. The third-order valence-corrected chi connectivity index (χ3v) is 3.54. The van der Waals surface area contributed by atoms with Gasteiger partial charge in [-0.15, -0.1) is 0 Å². The van der Waals surface area contributed by atoms with Gasteiger partial charge in [0.15, 0.2) is 0 Å². The highest BCUT2D eigenvalue weighted by atomic mass is 19.1. The fourth-order valence-corrected chi connectivity index (χ4v) is 2.27. The fourth-order valence-electron chi connectivity index (χ4n) is 2.27. The van der Waals surface area contributed by atoms with E-state index in [0.29, 0.717) is 25.2 Å². The van der Waals surface area contributed by atoms with Crippen LogP contribution < -0.4 is 5.32 Å². The molecule has 0 bridgehead atoms. The monoisotopic (exact) mass is 280 g/mol. The number of piperidine rings is 1. The van der Waals surface area contributed by atoms with Gasteiger partial charge in [-0.25, -0.2) is 9.18 Å². The van der Waals surface area contributed by atoms with Gasteiger partial charge in [0.2, 0.25) is 0 Å². The minimum atomic E-state index is -0.890. The first-order chi connectivity index (χ1) is 9.56. The average Bonchev–Trinajstić information content (AvgIpc) is 2.46. The first-order valence-corrected chi connectivity index (χ1v) is 6.58. The number of carbonyl (C=O) groups is 2. The quantitative estimate of drug-likeness (QED) is 0.889. The lowest BCUT2D eigenvalue weighted by molar-refractivity contribution is 0.0928. The highest BCUT2D eigenvalue weighted by Gasteiger charge is 2.22. The number of amides is 2. The highest BCUT2D eigenvalue weighted by Crippen LogP contribution is 2.16. The van der Waals surface area contributed by atoms with Gasteiger partial charge in [0, 0.05) is 25.2 Å². The predicted octanol–water partition coefficient (Wildman–Crippen LogP) is 1.95. The molecule has 0 saturated carbocycles. The van der Waals surface area contributed by atoms with Crippen molar-refractivity contribution in [2.24, 2.45) is 5.92 Å². The Balaban J connectivity index is 1.77. The first kappa shape index (κ1) is 14.3. The van der Waals surface area contributed by atoms with E-state index in [1.54, 1.807) is 0 Å². The maximum absolute atomic E-state index is 12.7. The Hall–Kier alpha value is -2.11. The first-order valence-electron chi connectivity index (χ1n) is 6.58. The molecule has 6 heteroatoms. The number of halogens is 1. The van der Waals surface area contributed by atoms with Crippen LogP contribution in [0.15, 0.2) is 24.3 Å². The minimum absolute atomic E-state index is 0.231. The van der Waals surface area contributed by atoms with E-state index in [0.717, 1.165) is 12.8 Å². The smallest absolute Gasteiger partial charge is 0.407 e. The summed E-state index contributed by atoms with van der Waals surface area (Å²) in [6.45, 7) is 1.53. The lowest BCUT2D eigenvalue weighted by atomic mass is 9.97. The van der Waals surface area contributed by atoms with Gasteiger partial charge in [0.05, 0.1) is 0 Å². The molecule has 2 amide bonds. The molecule has 20 heavy (non-hydrogen) atoms. The van der Waals surface area contributed by atoms with Crippen LogP contribution in [0.4, 0.5) is 9.18 Å². The van der Waals surface area contributed by atoms with E-state index >= 15 is 0 Å². The van der Waals surface area contributed by atoms with Gasteiger partial charge in [0.25, 0.3) is 5.91 Å². The molecular formula is C14H17FN2O3. The van der Waals surface area contributed by atoms with Gasteiger partial charge >= 0.3 is 6.09 Å². The predicted molar refractivity (Wildman–Crippen MR) is 71.1 cm³/mol. The molecule has 0 atom stereocenters. The Kier molecular flexibility index (Phi) is 4.55. The van der Waals surface area contributed by atoms with Crippen molar-refractivity contribution in [3.63, 3.8) is 0 Å². The van der Waals surface area contributed by atoms with Crippen LogP contribution in [-0.2, 0) is 0 Å². The van der Waals surface area contributed by atoms with Crippen molar-refractivity contribution >= 4 is 12.0 Å². The number of hydrogen-bond acceptors (Lipinski definition) is 2. The fraction of sp³-hybridized carbons (Fsp3) is 0.429. The van der Waals surface area contributed by atoms with E-state index in [4.69, 9.17) is 5.11 Å². The normalized spacial score (nSPS) is 15.9. The second-order valence-electron chi connectivity index (χ2n) is 4.93. The van der Waals surface area contributed by atoms with Gasteiger partial charge in [-0.05, 0) is 43.0 Å². The summed E-state index contributed by atoms with van der Waals surface area (Å²) in [5, 5.41) is 11.6. The van der Waals surface area contributed by atoms with Gasteiger partial charge < -0.3 is 15.3 Å². The SMILES string of the molecule is O=C(NCC1CCN(C(=O)O)CC1)c1ccc(F)cc1. The number of carbonyl (C=O) groups excluding carboxylic acids is 1. The molecule has 1 aliphatic rings. The van der Waals surface area contributed by atoms with Crippen molar-refractivity contribution in [2.75, 3.05) is 19.6 Å². The molecule has 1 aromatic rings. The molecule has 1 heterocycles. The zero-order chi connectivity index (χ0) is 14.5. The van der Waals surface area contributed by atoms with Gasteiger partial charge in [-0.3, -0.25) is 4.79 Å². The number of nitrogens with zero attached hydrogens (tertiary/aromatic N) is 1. The summed E-state index contributed by atoms with van der Waals surface area (Å²) in [4.78, 5) is 24.0. The molecule has 0 spiro atoms. The van der Waals surface area contributed by atoms with Crippen LogP contribution in [0.5, 0.6) is 0 Å². The number of carboxylic acid groups (broad SMARTS) is 1. The topological polar surface area (TPSA) is 69.6 Å². The molecule has 5 nitrogen and oxygen atoms in total. The summed E-state index contributed by atoms with van der Waals surface area (Å²) >= 11 is 0. The largest absolute Gasteiger partial charge is 0.465 e. The molecule has 0 radical (unpaired) electrons. The van der Waals surface area contributed by atoms with Crippen LogP contribution in [0.1, 0.15) is 23.2 Å². The summed E-state index contributed by atoms with van der Waals surface area (Å²) < 4.78 is 12.7. The van der Waals surface area contributed by atoms with Crippen molar-refractivity contribution in [2.45, 2.75) is 12.8 Å². The van der Waals surface area contributed by atoms with E-state index < -0.39 is 6.09 Å². The third-order valence-electron chi connectivity index (χ3n) is 3.54. The summed E-state index contributed by atoms with van der Waals surface area (Å²) in [6.07, 6.45) is 0.602. The molecule has 0 unspecified atom stereocenters. The van der Waals surface area contributed by atoms with Gasteiger partial charge in [-0.1, -0.05) is 0 Å². The van der Waals surface area contributed by atoms with E-state index in [2.05, 4.69) is 5.32 Å². The van der Waals surface area contributed by atoms with E-state index in [1.165, 1.54) is 29.2 Å². The van der Waals surface area contributed by atoms with Crippen LogP contribution >= 0.6 is 0 Å². The molecule has 2 rings (SSSR count). The zero-order valence-corrected chi connectivity index (χ0v) is 11.0. The van der Waals surface area contributed by atoms with Crippen molar-refractivity contribution in [3.8, 4) is 0 Å². The maximum atomic E-state index is 12.7. The number of nitrogens with one attached hydrogen (secondary N) is 1. The molecule has 0 aliphatic carbocycles. The number of likely N-dealkylation sites (tertiary alicyclic amines) is 1. The molecule has 1 fully saturated rings. The van der Waals surface area contributed by atoms with Crippen molar-refractivity contribution in [3.05, 3.63) is 35.6 Å². The summed E-state index contributed by atoms with van der Waals surface area (Å²) in [5.74, 6) is -0.316. The van der Waals surface area contributed by atoms with Gasteiger partial charge in [0.1, 0.15) is 5.82 Å². The third kappa shape index (κ3) is 3.69. The second kappa shape index (κ2) is 6.36. The van der Waals surface area contributed by atoms with Gasteiger partial charge in [-0.2, -0.15) is 0 Å². The van der Waals surface area contributed by atoms with Crippen LogP contribution in [0, 0.1) is 11.7 Å². The molecule has 1 saturated heterocycles. The van der Waals surface area contributed by atoms with E-state index in [1.807, 2.05) is 0 Å². The van der Waals surface area contributed by atoms with Crippen molar-refractivity contribution in [1.82, 2.24) is 10.2 Å². The molecule has 1 aromatic carbocycles. The second-order valence-corrected chi connectivity index (χ2v) is 4.93. The van der Waals surface area contributed by atoms with E-state index in [-0.39, 0.29) is 17.6 Å².